The van der Waals surface area contributed by atoms with Gasteiger partial charge in [0.25, 0.3) is 0 Å². The molecule has 0 saturated heterocycles. The molecule has 0 bridgehead atoms. The maximum atomic E-state index is 15.0. The Hall–Kier alpha value is -2.75. The van der Waals surface area contributed by atoms with Crippen molar-refractivity contribution in [3.05, 3.63) is 77.6 Å². The zero-order chi connectivity index (χ0) is 19.4. The van der Waals surface area contributed by atoms with Crippen LogP contribution in [0.1, 0.15) is 25.8 Å². The van der Waals surface area contributed by atoms with Gasteiger partial charge in [0.1, 0.15) is 5.82 Å². The molecule has 3 aromatic carbocycles. The summed E-state index contributed by atoms with van der Waals surface area (Å²) in [7, 11) is 0. The number of hydrogen-bond donors (Lipinski definition) is 0. The number of aryl methyl sites for hydroxylation is 1. The van der Waals surface area contributed by atoms with Gasteiger partial charge in [-0.2, -0.15) is 4.39 Å². The Morgan fingerprint density at radius 2 is 1.67 bits per heavy atom. The van der Waals surface area contributed by atoms with E-state index in [9.17, 15) is 8.78 Å². The van der Waals surface area contributed by atoms with Gasteiger partial charge in [0.15, 0.2) is 11.6 Å². The van der Waals surface area contributed by atoms with Crippen molar-refractivity contribution < 1.29 is 17.9 Å². The van der Waals surface area contributed by atoms with Gasteiger partial charge in [0.2, 0.25) is 5.82 Å². The number of rotatable bonds is 6. The Kier molecular flexibility index (Phi) is 5.84. The first-order valence-corrected chi connectivity index (χ1v) is 9.00. The quantitative estimate of drug-likeness (QED) is 0.432. The Morgan fingerprint density at radius 1 is 0.926 bits per heavy atom. The summed E-state index contributed by atoms with van der Waals surface area (Å²) in [5, 5.41) is -0.0906. The van der Waals surface area contributed by atoms with E-state index >= 15 is 4.39 Å². The minimum absolute atomic E-state index is 0.197. The number of halogens is 3. The highest BCUT2D eigenvalue weighted by molar-refractivity contribution is 5.90. The van der Waals surface area contributed by atoms with Crippen molar-refractivity contribution in [2.75, 3.05) is 6.61 Å². The third kappa shape index (κ3) is 3.85. The molecule has 0 unspecified atom stereocenters. The van der Waals surface area contributed by atoms with Gasteiger partial charge in [-0.3, -0.25) is 0 Å². The summed E-state index contributed by atoms with van der Waals surface area (Å²) in [4.78, 5) is 0. The number of allylic oxidation sites excluding steroid dienone is 2. The van der Waals surface area contributed by atoms with E-state index in [1.165, 1.54) is 6.07 Å². The average molecular weight is 370 g/mol. The summed E-state index contributed by atoms with van der Waals surface area (Å²) >= 11 is 0. The minimum Gasteiger partial charge on any atom is -0.491 e. The SMILES string of the molecule is C/C=C/CCc1ccc(-c2ccc3cc(OCC)c(F)c(F)c3c2F)cc1. The van der Waals surface area contributed by atoms with Crippen LogP contribution in [0, 0.1) is 17.5 Å². The van der Waals surface area contributed by atoms with Crippen molar-refractivity contribution in [1.82, 2.24) is 0 Å². The van der Waals surface area contributed by atoms with E-state index in [-0.39, 0.29) is 28.7 Å². The van der Waals surface area contributed by atoms with Gasteiger partial charge in [-0.1, -0.05) is 48.6 Å². The van der Waals surface area contributed by atoms with Crippen LogP contribution in [-0.2, 0) is 6.42 Å². The lowest BCUT2D eigenvalue weighted by Gasteiger charge is -2.12. The van der Waals surface area contributed by atoms with E-state index in [1.54, 1.807) is 31.2 Å². The second-order valence-corrected chi connectivity index (χ2v) is 6.27. The van der Waals surface area contributed by atoms with Gasteiger partial charge in [-0.25, -0.2) is 8.78 Å². The smallest absolute Gasteiger partial charge is 0.201 e. The van der Waals surface area contributed by atoms with Crippen LogP contribution >= 0.6 is 0 Å². The van der Waals surface area contributed by atoms with Crippen molar-refractivity contribution >= 4 is 10.8 Å². The first kappa shape index (κ1) is 19.0. The zero-order valence-electron chi connectivity index (χ0n) is 15.4. The molecule has 4 heteroatoms. The van der Waals surface area contributed by atoms with Crippen LogP contribution in [0.15, 0.2) is 54.6 Å². The van der Waals surface area contributed by atoms with E-state index in [1.807, 2.05) is 25.1 Å². The maximum absolute atomic E-state index is 15.0. The van der Waals surface area contributed by atoms with E-state index in [2.05, 4.69) is 6.08 Å². The highest BCUT2D eigenvalue weighted by Crippen LogP contribution is 2.35. The van der Waals surface area contributed by atoms with E-state index in [4.69, 9.17) is 4.74 Å². The monoisotopic (exact) mass is 370 g/mol. The van der Waals surface area contributed by atoms with Crippen LogP contribution in [0.25, 0.3) is 21.9 Å². The molecular weight excluding hydrogens is 349 g/mol. The fraction of sp³-hybridized carbons (Fsp3) is 0.217. The molecule has 0 saturated carbocycles. The van der Waals surface area contributed by atoms with Crippen molar-refractivity contribution in [2.24, 2.45) is 0 Å². The second-order valence-electron chi connectivity index (χ2n) is 6.27. The molecule has 0 aromatic heterocycles. The Morgan fingerprint density at radius 3 is 2.33 bits per heavy atom. The zero-order valence-corrected chi connectivity index (χ0v) is 15.4. The molecule has 0 fully saturated rings. The summed E-state index contributed by atoms with van der Waals surface area (Å²) in [6, 6.07) is 12.0. The predicted octanol–water partition coefficient (Wildman–Crippen LogP) is 6.83. The fourth-order valence-electron chi connectivity index (χ4n) is 3.11. The highest BCUT2D eigenvalue weighted by atomic mass is 19.2. The summed E-state index contributed by atoms with van der Waals surface area (Å²) in [5.74, 6) is -3.37. The molecule has 0 heterocycles. The molecule has 0 radical (unpaired) electrons. The summed E-state index contributed by atoms with van der Waals surface area (Å²) < 4.78 is 48.7. The number of benzene rings is 3. The molecule has 1 nitrogen and oxygen atoms in total. The molecule has 3 aromatic rings. The normalized spacial score (nSPS) is 11.4. The molecule has 0 aliphatic heterocycles. The average Bonchev–Trinajstić information content (AvgIpc) is 2.67. The van der Waals surface area contributed by atoms with Gasteiger partial charge >= 0.3 is 0 Å². The molecule has 0 aliphatic rings. The molecule has 140 valence electrons. The predicted molar refractivity (Wildman–Crippen MR) is 104 cm³/mol. The summed E-state index contributed by atoms with van der Waals surface area (Å²) in [6.45, 7) is 3.85. The maximum Gasteiger partial charge on any atom is 0.201 e. The first-order chi connectivity index (χ1) is 13.1. The number of hydrogen-bond acceptors (Lipinski definition) is 1. The van der Waals surface area contributed by atoms with Crippen molar-refractivity contribution in [3.8, 4) is 16.9 Å². The Bertz CT molecular complexity index is 975. The largest absolute Gasteiger partial charge is 0.491 e. The summed E-state index contributed by atoms with van der Waals surface area (Å²) in [6.07, 6.45) is 5.92. The van der Waals surface area contributed by atoms with Gasteiger partial charge in [-0.15, -0.1) is 0 Å². The van der Waals surface area contributed by atoms with Gasteiger partial charge in [0.05, 0.1) is 12.0 Å². The van der Waals surface area contributed by atoms with Gasteiger partial charge in [-0.05, 0) is 49.3 Å². The number of ether oxygens (including phenoxy) is 1. The van der Waals surface area contributed by atoms with Crippen molar-refractivity contribution in [3.63, 3.8) is 0 Å². The van der Waals surface area contributed by atoms with Crippen molar-refractivity contribution in [1.29, 1.82) is 0 Å². The fourth-order valence-corrected chi connectivity index (χ4v) is 3.11. The molecule has 0 spiro atoms. The van der Waals surface area contributed by atoms with Crippen LogP contribution in [0.5, 0.6) is 5.75 Å². The van der Waals surface area contributed by atoms with E-state index in [0.717, 1.165) is 18.4 Å². The third-order valence-corrected chi connectivity index (χ3v) is 4.49. The van der Waals surface area contributed by atoms with Crippen LogP contribution in [0.4, 0.5) is 13.2 Å². The topological polar surface area (TPSA) is 9.23 Å². The molecule has 0 amide bonds. The van der Waals surface area contributed by atoms with Gasteiger partial charge in [0, 0.05) is 5.56 Å². The third-order valence-electron chi connectivity index (χ3n) is 4.49. The van der Waals surface area contributed by atoms with E-state index < -0.39 is 17.5 Å². The standard InChI is InChI=1S/C23H21F3O/c1-3-5-6-7-15-8-10-16(11-9-15)18-13-12-17-14-19(27-4-2)22(25)23(26)20(17)21(18)24/h3,5,8-14H,4,6-7H2,1-2H3/b5-3+. The molecule has 0 N–H and O–H groups in total. The van der Waals surface area contributed by atoms with Crippen LogP contribution in [0.2, 0.25) is 0 Å². The van der Waals surface area contributed by atoms with Crippen LogP contribution in [0.3, 0.4) is 0 Å². The van der Waals surface area contributed by atoms with Crippen LogP contribution in [-0.4, -0.2) is 6.61 Å². The Labute approximate surface area is 157 Å². The molecule has 3 rings (SSSR count). The number of fused-ring (bicyclic) bond motifs is 1. The lowest BCUT2D eigenvalue weighted by atomic mass is 9.98. The molecule has 0 atom stereocenters. The lowest BCUT2D eigenvalue weighted by Crippen LogP contribution is -2.00. The minimum atomic E-state index is -1.22. The Balaban J connectivity index is 2.02. The first-order valence-electron chi connectivity index (χ1n) is 9.00. The van der Waals surface area contributed by atoms with Gasteiger partial charge < -0.3 is 4.74 Å². The molecular formula is C23H21F3O. The van der Waals surface area contributed by atoms with Crippen molar-refractivity contribution in [2.45, 2.75) is 26.7 Å². The second kappa shape index (κ2) is 8.30. The highest BCUT2D eigenvalue weighted by Gasteiger charge is 2.20. The van der Waals surface area contributed by atoms with E-state index in [0.29, 0.717) is 5.56 Å². The lowest BCUT2D eigenvalue weighted by molar-refractivity contribution is 0.315. The summed E-state index contributed by atoms with van der Waals surface area (Å²) in [5.41, 5.74) is 2.00. The molecule has 0 aliphatic carbocycles. The van der Waals surface area contributed by atoms with Crippen LogP contribution < -0.4 is 4.74 Å². The molecule has 27 heavy (non-hydrogen) atoms.